The maximum absolute atomic E-state index is 12.1. The Balaban J connectivity index is 2.49. The number of hydrogen-bond acceptors (Lipinski definition) is 3. The SMILES string of the molecule is CCN(CC)C(=O)C1CC(COC)CCN1. The number of carbonyl (C=O) groups is 1. The molecule has 1 saturated heterocycles. The Labute approximate surface area is 98.3 Å². The van der Waals surface area contributed by atoms with E-state index < -0.39 is 0 Å². The van der Waals surface area contributed by atoms with Gasteiger partial charge in [0.1, 0.15) is 0 Å². The van der Waals surface area contributed by atoms with E-state index in [2.05, 4.69) is 5.32 Å². The van der Waals surface area contributed by atoms with E-state index in [0.717, 1.165) is 39.1 Å². The van der Waals surface area contributed by atoms with E-state index in [4.69, 9.17) is 4.74 Å². The molecule has 2 atom stereocenters. The summed E-state index contributed by atoms with van der Waals surface area (Å²) in [6.45, 7) is 7.33. The lowest BCUT2D eigenvalue weighted by Gasteiger charge is -2.32. The molecule has 94 valence electrons. The van der Waals surface area contributed by atoms with E-state index in [1.54, 1.807) is 7.11 Å². The van der Waals surface area contributed by atoms with E-state index in [0.29, 0.717) is 5.92 Å². The predicted molar refractivity (Wildman–Crippen MR) is 64.3 cm³/mol. The van der Waals surface area contributed by atoms with Crippen molar-refractivity contribution in [2.75, 3.05) is 33.4 Å². The lowest BCUT2D eigenvalue weighted by molar-refractivity contribution is -0.134. The first-order valence-corrected chi connectivity index (χ1v) is 6.24. The van der Waals surface area contributed by atoms with Crippen molar-refractivity contribution < 1.29 is 9.53 Å². The molecule has 1 aliphatic rings. The molecule has 1 N–H and O–H groups in total. The second-order valence-corrected chi connectivity index (χ2v) is 4.36. The average molecular weight is 228 g/mol. The summed E-state index contributed by atoms with van der Waals surface area (Å²) >= 11 is 0. The third-order valence-corrected chi connectivity index (χ3v) is 3.29. The van der Waals surface area contributed by atoms with Crippen molar-refractivity contribution in [2.45, 2.75) is 32.7 Å². The van der Waals surface area contributed by atoms with Crippen molar-refractivity contribution >= 4 is 5.91 Å². The number of rotatable bonds is 5. The first kappa shape index (κ1) is 13.5. The number of amides is 1. The molecule has 0 bridgehead atoms. The Morgan fingerprint density at radius 1 is 1.44 bits per heavy atom. The molecular weight excluding hydrogens is 204 g/mol. The molecule has 0 radical (unpaired) electrons. The van der Waals surface area contributed by atoms with Crippen molar-refractivity contribution in [3.05, 3.63) is 0 Å². The minimum atomic E-state index is -0.00574. The molecule has 0 aromatic carbocycles. The van der Waals surface area contributed by atoms with Gasteiger partial charge in [-0.3, -0.25) is 4.79 Å². The van der Waals surface area contributed by atoms with Gasteiger partial charge in [-0.2, -0.15) is 0 Å². The number of likely N-dealkylation sites (N-methyl/N-ethyl adjacent to an activating group) is 1. The molecule has 1 amide bonds. The second kappa shape index (κ2) is 6.86. The van der Waals surface area contributed by atoms with Crippen LogP contribution < -0.4 is 5.32 Å². The Morgan fingerprint density at radius 2 is 2.12 bits per heavy atom. The van der Waals surface area contributed by atoms with Crippen molar-refractivity contribution in [2.24, 2.45) is 5.92 Å². The Morgan fingerprint density at radius 3 is 2.69 bits per heavy atom. The lowest BCUT2D eigenvalue weighted by Crippen LogP contribution is -2.50. The molecule has 4 heteroatoms. The van der Waals surface area contributed by atoms with Crippen LogP contribution in [0.25, 0.3) is 0 Å². The molecule has 1 aliphatic heterocycles. The first-order valence-electron chi connectivity index (χ1n) is 6.24. The summed E-state index contributed by atoms with van der Waals surface area (Å²) in [6, 6.07) is -0.00574. The summed E-state index contributed by atoms with van der Waals surface area (Å²) in [5, 5.41) is 3.31. The third kappa shape index (κ3) is 3.46. The fourth-order valence-electron chi connectivity index (χ4n) is 2.33. The molecule has 0 spiro atoms. The van der Waals surface area contributed by atoms with Gasteiger partial charge < -0.3 is 15.0 Å². The Kier molecular flexibility index (Phi) is 5.77. The van der Waals surface area contributed by atoms with Gasteiger partial charge in [0.05, 0.1) is 6.04 Å². The van der Waals surface area contributed by atoms with Gasteiger partial charge in [0.2, 0.25) is 5.91 Å². The minimum Gasteiger partial charge on any atom is -0.384 e. The monoisotopic (exact) mass is 228 g/mol. The van der Waals surface area contributed by atoms with Crippen LogP contribution in [-0.4, -0.2) is 50.2 Å². The largest absolute Gasteiger partial charge is 0.384 e. The minimum absolute atomic E-state index is 0.00574. The van der Waals surface area contributed by atoms with Crippen LogP contribution in [0.4, 0.5) is 0 Å². The molecule has 0 aliphatic carbocycles. The first-order chi connectivity index (χ1) is 7.72. The zero-order valence-electron chi connectivity index (χ0n) is 10.7. The highest BCUT2D eigenvalue weighted by molar-refractivity contribution is 5.82. The van der Waals surface area contributed by atoms with Crippen LogP contribution >= 0.6 is 0 Å². The van der Waals surface area contributed by atoms with Crippen molar-refractivity contribution in [1.82, 2.24) is 10.2 Å². The Bertz CT molecular complexity index is 215. The van der Waals surface area contributed by atoms with Crippen LogP contribution in [0.5, 0.6) is 0 Å². The topological polar surface area (TPSA) is 41.6 Å². The number of nitrogens with one attached hydrogen (secondary N) is 1. The van der Waals surface area contributed by atoms with Crippen LogP contribution in [0.2, 0.25) is 0 Å². The van der Waals surface area contributed by atoms with Crippen LogP contribution in [0.3, 0.4) is 0 Å². The number of carbonyl (C=O) groups excluding carboxylic acids is 1. The average Bonchev–Trinajstić information content (AvgIpc) is 2.31. The summed E-state index contributed by atoms with van der Waals surface area (Å²) in [5.41, 5.74) is 0. The standard InChI is InChI=1S/C12H24N2O2/c1-4-14(5-2)12(15)11-8-10(9-16-3)6-7-13-11/h10-11,13H,4-9H2,1-3H3. The van der Waals surface area contributed by atoms with E-state index >= 15 is 0 Å². The smallest absolute Gasteiger partial charge is 0.239 e. The van der Waals surface area contributed by atoms with Gasteiger partial charge in [-0.1, -0.05) is 0 Å². The number of hydrogen-bond donors (Lipinski definition) is 1. The van der Waals surface area contributed by atoms with Gasteiger partial charge in [-0.15, -0.1) is 0 Å². The molecule has 4 nitrogen and oxygen atoms in total. The summed E-state index contributed by atoms with van der Waals surface area (Å²) < 4.78 is 5.17. The van der Waals surface area contributed by atoms with Crippen LogP contribution in [0.1, 0.15) is 26.7 Å². The molecule has 0 aromatic heterocycles. The number of methoxy groups -OCH3 is 1. The van der Waals surface area contributed by atoms with Gasteiger partial charge in [0.25, 0.3) is 0 Å². The third-order valence-electron chi connectivity index (χ3n) is 3.29. The van der Waals surface area contributed by atoms with Crippen LogP contribution in [0.15, 0.2) is 0 Å². The van der Waals surface area contributed by atoms with E-state index in [1.165, 1.54) is 0 Å². The second-order valence-electron chi connectivity index (χ2n) is 4.36. The van der Waals surface area contributed by atoms with Crippen molar-refractivity contribution in [3.63, 3.8) is 0 Å². The summed E-state index contributed by atoms with van der Waals surface area (Å²) in [6.07, 6.45) is 2.01. The molecule has 2 unspecified atom stereocenters. The quantitative estimate of drug-likeness (QED) is 0.759. The summed E-state index contributed by atoms with van der Waals surface area (Å²) in [7, 11) is 1.73. The van der Waals surface area contributed by atoms with E-state index in [-0.39, 0.29) is 11.9 Å². The lowest BCUT2D eigenvalue weighted by atomic mass is 9.92. The van der Waals surface area contributed by atoms with Gasteiger partial charge >= 0.3 is 0 Å². The normalized spacial score (nSPS) is 25.4. The van der Waals surface area contributed by atoms with Crippen molar-refractivity contribution in [3.8, 4) is 0 Å². The highest BCUT2D eigenvalue weighted by Gasteiger charge is 2.28. The van der Waals surface area contributed by atoms with Crippen LogP contribution in [-0.2, 0) is 9.53 Å². The zero-order chi connectivity index (χ0) is 12.0. The van der Waals surface area contributed by atoms with Gasteiger partial charge in [-0.25, -0.2) is 0 Å². The highest BCUT2D eigenvalue weighted by atomic mass is 16.5. The predicted octanol–water partition coefficient (Wildman–Crippen LogP) is 0.869. The summed E-state index contributed by atoms with van der Waals surface area (Å²) in [5.74, 6) is 0.765. The van der Waals surface area contributed by atoms with Crippen molar-refractivity contribution in [1.29, 1.82) is 0 Å². The number of ether oxygens (including phenoxy) is 1. The maximum atomic E-state index is 12.1. The highest BCUT2D eigenvalue weighted by Crippen LogP contribution is 2.17. The molecule has 1 heterocycles. The number of nitrogens with zero attached hydrogens (tertiary/aromatic N) is 1. The zero-order valence-corrected chi connectivity index (χ0v) is 10.7. The van der Waals surface area contributed by atoms with Gasteiger partial charge in [0, 0.05) is 26.8 Å². The molecule has 16 heavy (non-hydrogen) atoms. The number of piperidine rings is 1. The Hall–Kier alpha value is -0.610. The van der Waals surface area contributed by atoms with Crippen LogP contribution in [0, 0.1) is 5.92 Å². The van der Waals surface area contributed by atoms with Gasteiger partial charge in [-0.05, 0) is 39.2 Å². The maximum Gasteiger partial charge on any atom is 0.239 e. The molecule has 0 aromatic rings. The van der Waals surface area contributed by atoms with E-state index in [9.17, 15) is 4.79 Å². The van der Waals surface area contributed by atoms with Gasteiger partial charge in [0.15, 0.2) is 0 Å². The fourth-order valence-corrected chi connectivity index (χ4v) is 2.33. The molecule has 1 rings (SSSR count). The molecular formula is C12H24N2O2. The summed E-state index contributed by atoms with van der Waals surface area (Å²) in [4.78, 5) is 14.0. The van der Waals surface area contributed by atoms with E-state index in [1.807, 2.05) is 18.7 Å². The fraction of sp³-hybridized carbons (Fsp3) is 0.917. The molecule has 1 fully saturated rings. The molecule has 0 saturated carbocycles.